The molecule has 0 unspecified atom stereocenters. The molecule has 0 radical (unpaired) electrons. The zero-order valence-electron chi connectivity index (χ0n) is 16.9. The number of nitrogens with one attached hydrogen (secondary N) is 1. The van der Waals surface area contributed by atoms with Crippen LogP contribution in [-0.4, -0.2) is 34.2 Å². The zero-order valence-corrected chi connectivity index (χ0v) is 17.7. The van der Waals surface area contributed by atoms with Gasteiger partial charge in [0.25, 0.3) is 0 Å². The van der Waals surface area contributed by atoms with E-state index in [1.165, 1.54) is 7.11 Å². The number of methoxy groups -OCH3 is 1. The average molecular weight is 425 g/mol. The lowest BCUT2D eigenvalue weighted by Gasteiger charge is -2.25. The number of anilines is 1. The maximum Gasteiger partial charge on any atom is 0.241 e. The van der Waals surface area contributed by atoms with Crippen LogP contribution in [0.25, 0.3) is 0 Å². The number of hydrogen-bond donors (Lipinski definition) is 1. The van der Waals surface area contributed by atoms with Gasteiger partial charge in [0.1, 0.15) is 12.3 Å². The maximum absolute atomic E-state index is 12.9. The van der Waals surface area contributed by atoms with E-state index in [4.69, 9.17) is 4.74 Å². The lowest BCUT2D eigenvalue weighted by Crippen LogP contribution is -2.41. The summed E-state index contributed by atoms with van der Waals surface area (Å²) in [7, 11) is -2.13. The van der Waals surface area contributed by atoms with Gasteiger partial charge in [-0.2, -0.15) is 0 Å². The second kappa shape index (κ2) is 9.45. The number of amides is 1. The van der Waals surface area contributed by atoms with Crippen molar-refractivity contribution in [1.29, 1.82) is 0 Å². The van der Waals surface area contributed by atoms with Gasteiger partial charge in [0.2, 0.25) is 15.9 Å². The van der Waals surface area contributed by atoms with Crippen LogP contribution in [0.1, 0.15) is 17.2 Å². The predicted octanol–water partition coefficient (Wildman–Crippen LogP) is 3.37. The Morgan fingerprint density at radius 2 is 1.40 bits per heavy atom. The van der Waals surface area contributed by atoms with Crippen molar-refractivity contribution in [3.8, 4) is 5.75 Å². The van der Waals surface area contributed by atoms with E-state index >= 15 is 0 Å². The molecule has 0 saturated carbocycles. The number of sulfonamides is 1. The highest BCUT2D eigenvalue weighted by atomic mass is 32.2. The SMILES string of the molecule is COc1ccc(N(CC(=O)NC(c2ccccc2)c2ccccc2)S(C)(=O)=O)cc1. The van der Waals surface area contributed by atoms with Gasteiger partial charge < -0.3 is 10.1 Å². The molecule has 0 saturated heterocycles. The second-order valence-corrected chi connectivity index (χ2v) is 8.70. The van der Waals surface area contributed by atoms with E-state index in [2.05, 4.69) is 5.32 Å². The summed E-state index contributed by atoms with van der Waals surface area (Å²) in [6.07, 6.45) is 1.08. The molecule has 0 aliphatic carbocycles. The van der Waals surface area contributed by atoms with Crippen molar-refractivity contribution in [2.24, 2.45) is 0 Å². The molecule has 0 aliphatic heterocycles. The van der Waals surface area contributed by atoms with Gasteiger partial charge in [0.15, 0.2) is 0 Å². The Hall–Kier alpha value is -3.32. The standard InChI is InChI=1S/C23H24N2O4S/c1-29-21-15-13-20(14-16-21)25(30(2,27)28)17-22(26)24-23(18-9-5-3-6-10-18)19-11-7-4-8-12-19/h3-16,23H,17H2,1-2H3,(H,24,26). The van der Waals surface area contributed by atoms with Crippen LogP contribution in [0.4, 0.5) is 5.69 Å². The number of nitrogens with zero attached hydrogens (tertiary/aromatic N) is 1. The van der Waals surface area contributed by atoms with Gasteiger partial charge in [0, 0.05) is 0 Å². The van der Waals surface area contributed by atoms with E-state index in [1.807, 2.05) is 60.7 Å². The van der Waals surface area contributed by atoms with Crippen LogP contribution in [0.5, 0.6) is 5.75 Å². The van der Waals surface area contributed by atoms with Crippen molar-refractivity contribution in [1.82, 2.24) is 5.32 Å². The van der Waals surface area contributed by atoms with Gasteiger partial charge in [-0.15, -0.1) is 0 Å². The Morgan fingerprint density at radius 3 is 1.83 bits per heavy atom. The number of rotatable bonds is 8. The van der Waals surface area contributed by atoms with Crippen molar-refractivity contribution in [3.63, 3.8) is 0 Å². The van der Waals surface area contributed by atoms with Gasteiger partial charge in [-0.05, 0) is 35.4 Å². The molecule has 0 aliphatic rings. The minimum absolute atomic E-state index is 0.332. The molecule has 0 heterocycles. The molecule has 0 aromatic heterocycles. The molecule has 7 heteroatoms. The van der Waals surface area contributed by atoms with E-state index in [-0.39, 0.29) is 6.54 Å². The molecule has 3 aromatic carbocycles. The third-order valence-corrected chi connectivity index (χ3v) is 5.76. The molecule has 0 atom stereocenters. The summed E-state index contributed by atoms with van der Waals surface area (Å²) in [4.78, 5) is 12.9. The summed E-state index contributed by atoms with van der Waals surface area (Å²) in [5, 5.41) is 2.97. The van der Waals surface area contributed by atoms with Gasteiger partial charge >= 0.3 is 0 Å². The Labute approximate surface area is 177 Å². The fourth-order valence-electron chi connectivity index (χ4n) is 3.14. The van der Waals surface area contributed by atoms with Crippen LogP contribution in [-0.2, 0) is 14.8 Å². The Bertz CT molecular complexity index is 1030. The smallest absolute Gasteiger partial charge is 0.241 e. The Kier molecular flexibility index (Phi) is 6.74. The topological polar surface area (TPSA) is 75.7 Å². The summed E-state index contributed by atoms with van der Waals surface area (Å²) in [6, 6.07) is 25.3. The fourth-order valence-corrected chi connectivity index (χ4v) is 3.99. The lowest BCUT2D eigenvalue weighted by atomic mass is 9.99. The van der Waals surface area contributed by atoms with Gasteiger partial charge in [-0.25, -0.2) is 8.42 Å². The fraction of sp³-hybridized carbons (Fsp3) is 0.174. The zero-order chi connectivity index (χ0) is 21.6. The number of hydrogen-bond acceptors (Lipinski definition) is 4. The average Bonchev–Trinajstić information content (AvgIpc) is 2.76. The van der Waals surface area contributed by atoms with Crippen molar-refractivity contribution in [2.75, 3.05) is 24.2 Å². The third-order valence-electron chi connectivity index (χ3n) is 4.62. The number of carbonyl (C=O) groups is 1. The minimum atomic E-state index is -3.67. The molecular weight excluding hydrogens is 400 g/mol. The quantitative estimate of drug-likeness (QED) is 0.602. The largest absolute Gasteiger partial charge is 0.497 e. The Morgan fingerprint density at radius 1 is 0.900 bits per heavy atom. The summed E-state index contributed by atoms with van der Waals surface area (Å²) >= 11 is 0. The van der Waals surface area contributed by atoms with Gasteiger partial charge in [-0.1, -0.05) is 60.7 Å². The molecular formula is C23H24N2O4S. The van der Waals surface area contributed by atoms with Crippen LogP contribution in [0.2, 0.25) is 0 Å². The van der Waals surface area contributed by atoms with E-state index in [0.717, 1.165) is 21.7 Å². The van der Waals surface area contributed by atoms with Crippen LogP contribution < -0.4 is 14.4 Å². The van der Waals surface area contributed by atoms with Gasteiger partial charge in [-0.3, -0.25) is 9.10 Å². The second-order valence-electron chi connectivity index (χ2n) is 6.79. The van der Waals surface area contributed by atoms with Crippen molar-refractivity contribution >= 4 is 21.6 Å². The molecule has 0 bridgehead atoms. The molecule has 6 nitrogen and oxygen atoms in total. The number of ether oxygens (including phenoxy) is 1. The first-order valence-corrected chi connectivity index (χ1v) is 11.2. The molecule has 1 N–H and O–H groups in total. The molecule has 3 aromatic rings. The van der Waals surface area contributed by atoms with E-state index < -0.39 is 22.0 Å². The maximum atomic E-state index is 12.9. The van der Waals surface area contributed by atoms with Crippen LogP contribution >= 0.6 is 0 Å². The number of carbonyl (C=O) groups excluding carboxylic acids is 1. The molecule has 30 heavy (non-hydrogen) atoms. The van der Waals surface area contributed by atoms with Crippen molar-refractivity contribution in [3.05, 3.63) is 96.1 Å². The molecule has 0 spiro atoms. The summed E-state index contributed by atoms with van der Waals surface area (Å²) < 4.78 is 30.9. The van der Waals surface area contributed by atoms with Gasteiger partial charge in [0.05, 0.1) is 25.1 Å². The molecule has 156 valence electrons. The summed E-state index contributed by atoms with van der Waals surface area (Å²) in [5.41, 5.74) is 2.21. The van der Waals surface area contributed by atoms with E-state index in [9.17, 15) is 13.2 Å². The highest BCUT2D eigenvalue weighted by Crippen LogP contribution is 2.23. The summed E-state index contributed by atoms with van der Waals surface area (Å²) in [5.74, 6) is 0.193. The lowest BCUT2D eigenvalue weighted by molar-refractivity contribution is -0.120. The van der Waals surface area contributed by atoms with Crippen molar-refractivity contribution < 1.29 is 17.9 Å². The van der Waals surface area contributed by atoms with E-state index in [1.54, 1.807) is 24.3 Å². The first-order chi connectivity index (χ1) is 14.4. The monoisotopic (exact) mass is 424 g/mol. The highest BCUT2D eigenvalue weighted by molar-refractivity contribution is 7.92. The first-order valence-electron chi connectivity index (χ1n) is 9.39. The van der Waals surface area contributed by atoms with Crippen LogP contribution in [0.3, 0.4) is 0 Å². The summed E-state index contributed by atoms with van der Waals surface area (Å²) in [6.45, 7) is -0.332. The van der Waals surface area contributed by atoms with Crippen LogP contribution in [0.15, 0.2) is 84.9 Å². The van der Waals surface area contributed by atoms with Crippen molar-refractivity contribution in [2.45, 2.75) is 6.04 Å². The Balaban J connectivity index is 1.85. The molecule has 0 fully saturated rings. The molecule has 1 amide bonds. The normalized spacial score (nSPS) is 11.2. The highest BCUT2D eigenvalue weighted by Gasteiger charge is 2.23. The van der Waals surface area contributed by atoms with Crippen LogP contribution in [0, 0.1) is 0 Å². The number of benzene rings is 3. The predicted molar refractivity (Wildman–Crippen MR) is 118 cm³/mol. The first kappa shape index (κ1) is 21.4. The third kappa shape index (κ3) is 5.39. The molecule has 3 rings (SSSR count). The minimum Gasteiger partial charge on any atom is -0.497 e. The van der Waals surface area contributed by atoms with E-state index in [0.29, 0.717) is 11.4 Å².